The summed E-state index contributed by atoms with van der Waals surface area (Å²) in [4.78, 5) is 29.5. The fourth-order valence-corrected chi connectivity index (χ4v) is 3.16. The summed E-state index contributed by atoms with van der Waals surface area (Å²) in [5.74, 6) is 0.207. The van der Waals surface area contributed by atoms with E-state index in [0.29, 0.717) is 17.2 Å². The van der Waals surface area contributed by atoms with E-state index >= 15 is 0 Å². The zero-order valence-corrected chi connectivity index (χ0v) is 16.1. The van der Waals surface area contributed by atoms with Gasteiger partial charge in [0.05, 0.1) is 0 Å². The number of carbonyl (C=O) groups excluding carboxylic acids is 1. The minimum atomic E-state index is -0.277. The highest BCUT2D eigenvalue weighted by Crippen LogP contribution is 2.20. The molecule has 0 saturated carbocycles. The van der Waals surface area contributed by atoms with Crippen LogP contribution in [0.3, 0.4) is 0 Å². The predicted molar refractivity (Wildman–Crippen MR) is 106 cm³/mol. The fourth-order valence-electron chi connectivity index (χ4n) is 2.68. The molecule has 5 nitrogen and oxygen atoms in total. The number of aryl methyl sites for hydroxylation is 2. The largest absolute Gasteiger partial charge is 0.324 e. The molecule has 26 heavy (non-hydrogen) atoms. The normalized spacial score (nSPS) is 10.6. The molecule has 0 aliphatic carbocycles. The smallest absolute Gasteiger partial charge is 0.254 e. The molecule has 2 aromatic carbocycles. The van der Waals surface area contributed by atoms with Gasteiger partial charge in [0.15, 0.2) is 0 Å². The zero-order chi connectivity index (χ0) is 18.7. The van der Waals surface area contributed by atoms with Gasteiger partial charge in [0, 0.05) is 27.5 Å². The van der Waals surface area contributed by atoms with Crippen LogP contribution in [0.5, 0.6) is 0 Å². The van der Waals surface area contributed by atoms with Crippen molar-refractivity contribution in [2.45, 2.75) is 20.4 Å². The lowest BCUT2D eigenvalue weighted by Gasteiger charge is -2.14. The first-order valence-corrected chi connectivity index (χ1v) is 8.93. The van der Waals surface area contributed by atoms with Crippen molar-refractivity contribution in [1.82, 2.24) is 9.55 Å². The first-order valence-electron chi connectivity index (χ1n) is 8.14. The minimum Gasteiger partial charge on any atom is -0.324 e. The predicted octanol–water partition coefficient (Wildman–Crippen LogP) is 3.93. The average Bonchev–Trinajstić information content (AvgIpc) is 2.60. The van der Waals surface area contributed by atoms with Gasteiger partial charge < -0.3 is 5.32 Å². The Bertz CT molecular complexity index is 1010. The average molecular weight is 412 g/mol. The van der Waals surface area contributed by atoms with Crippen molar-refractivity contribution < 1.29 is 4.79 Å². The Hall–Kier alpha value is -2.73. The molecule has 3 rings (SSSR count). The quantitative estimate of drug-likeness (QED) is 0.707. The van der Waals surface area contributed by atoms with Gasteiger partial charge in [-0.2, -0.15) is 0 Å². The van der Waals surface area contributed by atoms with Crippen LogP contribution in [0.1, 0.15) is 11.3 Å². The standard InChI is InChI=1S/C20H18BrN3O2/c1-13-10-16(21)8-9-17(13)23-18(25)12-24-19(26)11-14(2)22-20(24)15-6-4-3-5-7-15/h3-11H,12H2,1-2H3,(H,23,25). The Kier molecular flexibility index (Phi) is 5.32. The van der Waals surface area contributed by atoms with E-state index < -0.39 is 0 Å². The lowest BCUT2D eigenvalue weighted by molar-refractivity contribution is -0.116. The van der Waals surface area contributed by atoms with E-state index in [1.165, 1.54) is 10.6 Å². The molecule has 1 amide bonds. The maximum absolute atomic E-state index is 12.5. The molecule has 1 aromatic heterocycles. The summed E-state index contributed by atoms with van der Waals surface area (Å²) in [5.41, 5.74) is 2.81. The maximum Gasteiger partial charge on any atom is 0.254 e. The first-order chi connectivity index (χ1) is 12.4. The van der Waals surface area contributed by atoms with Crippen LogP contribution in [0.2, 0.25) is 0 Å². The van der Waals surface area contributed by atoms with Crippen molar-refractivity contribution in [2.24, 2.45) is 0 Å². The van der Waals surface area contributed by atoms with Crippen LogP contribution in [0.4, 0.5) is 5.69 Å². The van der Waals surface area contributed by atoms with E-state index in [0.717, 1.165) is 15.6 Å². The molecule has 0 aliphatic heterocycles. The van der Waals surface area contributed by atoms with Gasteiger partial charge in [0.1, 0.15) is 12.4 Å². The van der Waals surface area contributed by atoms with Gasteiger partial charge in [0.2, 0.25) is 5.91 Å². The molecule has 0 atom stereocenters. The van der Waals surface area contributed by atoms with E-state index in [1.807, 2.05) is 55.5 Å². The number of amides is 1. The Morgan fingerprint density at radius 3 is 2.54 bits per heavy atom. The Labute approximate surface area is 159 Å². The van der Waals surface area contributed by atoms with Gasteiger partial charge in [-0.05, 0) is 37.6 Å². The number of carbonyl (C=O) groups is 1. The number of nitrogens with one attached hydrogen (secondary N) is 1. The van der Waals surface area contributed by atoms with Gasteiger partial charge in [-0.25, -0.2) is 4.98 Å². The van der Waals surface area contributed by atoms with Crippen molar-refractivity contribution in [2.75, 3.05) is 5.32 Å². The summed E-state index contributed by atoms with van der Waals surface area (Å²) in [6.07, 6.45) is 0. The molecule has 0 aliphatic rings. The second-order valence-corrected chi connectivity index (χ2v) is 6.93. The molecule has 1 heterocycles. The molecule has 0 saturated heterocycles. The number of anilines is 1. The highest BCUT2D eigenvalue weighted by Gasteiger charge is 2.13. The van der Waals surface area contributed by atoms with Crippen molar-refractivity contribution in [1.29, 1.82) is 0 Å². The number of nitrogens with zero attached hydrogens (tertiary/aromatic N) is 2. The molecule has 0 spiro atoms. The fraction of sp³-hybridized carbons (Fsp3) is 0.150. The number of halogens is 1. The SMILES string of the molecule is Cc1cc(=O)n(CC(=O)Nc2ccc(Br)cc2C)c(-c2ccccc2)n1. The number of rotatable bonds is 4. The van der Waals surface area contributed by atoms with Gasteiger partial charge in [-0.15, -0.1) is 0 Å². The van der Waals surface area contributed by atoms with E-state index in [1.54, 1.807) is 6.92 Å². The molecule has 6 heteroatoms. The van der Waals surface area contributed by atoms with E-state index in [-0.39, 0.29) is 18.0 Å². The number of aromatic nitrogens is 2. The van der Waals surface area contributed by atoms with Gasteiger partial charge >= 0.3 is 0 Å². The molecule has 132 valence electrons. The van der Waals surface area contributed by atoms with Gasteiger partial charge in [-0.3, -0.25) is 14.2 Å². The highest BCUT2D eigenvalue weighted by molar-refractivity contribution is 9.10. The molecular formula is C20H18BrN3O2. The van der Waals surface area contributed by atoms with Crippen LogP contribution in [0.25, 0.3) is 11.4 Å². The van der Waals surface area contributed by atoms with E-state index in [9.17, 15) is 9.59 Å². The topological polar surface area (TPSA) is 64.0 Å². The van der Waals surface area contributed by atoms with E-state index in [2.05, 4.69) is 26.2 Å². The lowest BCUT2D eigenvalue weighted by Crippen LogP contribution is -2.29. The number of hydrogen-bond acceptors (Lipinski definition) is 3. The maximum atomic E-state index is 12.5. The van der Waals surface area contributed by atoms with E-state index in [4.69, 9.17) is 0 Å². The summed E-state index contributed by atoms with van der Waals surface area (Å²) in [6, 6.07) is 16.4. The third kappa shape index (κ3) is 4.08. The monoisotopic (exact) mass is 411 g/mol. The summed E-state index contributed by atoms with van der Waals surface area (Å²) < 4.78 is 2.34. The second kappa shape index (κ2) is 7.66. The van der Waals surface area contributed by atoms with Crippen LogP contribution in [0.15, 0.2) is 63.9 Å². The van der Waals surface area contributed by atoms with Gasteiger partial charge in [-0.1, -0.05) is 46.3 Å². The lowest BCUT2D eigenvalue weighted by atomic mass is 10.2. The minimum absolute atomic E-state index is 0.105. The summed E-state index contributed by atoms with van der Waals surface area (Å²) in [7, 11) is 0. The van der Waals surface area contributed by atoms with Crippen molar-refractivity contribution in [3.63, 3.8) is 0 Å². The Morgan fingerprint density at radius 2 is 1.85 bits per heavy atom. The van der Waals surface area contributed by atoms with Crippen molar-refractivity contribution in [3.05, 3.63) is 80.7 Å². The second-order valence-electron chi connectivity index (χ2n) is 6.02. The summed E-state index contributed by atoms with van der Waals surface area (Å²) >= 11 is 3.40. The molecule has 0 radical (unpaired) electrons. The molecule has 0 unspecified atom stereocenters. The first kappa shape index (κ1) is 18.1. The summed E-state index contributed by atoms with van der Waals surface area (Å²) in [5, 5.41) is 2.86. The number of hydrogen-bond donors (Lipinski definition) is 1. The molecular weight excluding hydrogens is 394 g/mol. The van der Waals surface area contributed by atoms with Crippen LogP contribution in [0, 0.1) is 13.8 Å². The van der Waals surface area contributed by atoms with Crippen LogP contribution in [-0.4, -0.2) is 15.5 Å². The van der Waals surface area contributed by atoms with Crippen molar-refractivity contribution >= 4 is 27.5 Å². The zero-order valence-electron chi connectivity index (χ0n) is 14.5. The van der Waals surface area contributed by atoms with Crippen molar-refractivity contribution in [3.8, 4) is 11.4 Å². The molecule has 1 N–H and O–H groups in total. The third-order valence-electron chi connectivity index (χ3n) is 3.93. The Morgan fingerprint density at radius 1 is 1.12 bits per heavy atom. The molecule has 0 fully saturated rings. The number of benzene rings is 2. The highest BCUT2D eigenvalue weighted by atomic mass is 79.9. The Balaban J connectivity index is 1.92. The molecule has 3 aromatic rings. The third-order valence-corrected chi connectivity index (χ3v) is 4.43. The van der Waals surface area contributed by atoms with Crippen LogP contribution < -0.4 is 10.9 Å². The van der Waals surface area contributed by atoms with Crippen LogP contribution >= 0.6 is 15.9 Å². The van der Waals surface area contributed by atoms with Gasteiger partial charge in [0.25, 0.3) is 5.56 Å². The summed E-state index contributed by atoms with van der Waals surface area (Å²) in [6.45, 7) is 3.57. The molecule has 0 bridgehead atoms. The van der Waals surface area contributed by atoms with Crippen LogP contribution in [-0.2, 0) is 11.3 Å².